The molecule has 0 radical (unpaired) electrons. The van der Waals surface area contributed by atoms with E-state index in [9.17, 15) is 0 Å². The van der Waals surface area contributed by atoms with Gasteiger partial charge >= 0.3 is 0 Å². The van der Waals surface area contributed by atoms with Crippen LogP contribution in [0.2, 0.25) is 0 Å². The molecule has 5 heteroatoms. The van der Waals surface area contributed by atoms with Crippen LogP contribution in [-0.4, -0.2) is 15.7 Å². The molecule has 0 amide bonds. The largest absolute Gasteiger partial charge is 0.383 e. The first-order chi connectivity index (χ1) is 9.29. The van der Waals surface area contributed by atoms with Crippen molar-refractivity contribution in [3.8, 4) is 0 Å². The van der Waals surface area contributed by atoms with Gasteiger partial charge in [0.05, 0.1) is 11.1 Å². The standard InChI is InChI=1S/C14H19N3S2/c1-2-7-18-8-11-16-13(15)12-9-5-3-4-6-10(9)19-14(12)17-11/h2-8H2,1H3,(H2,15,16,17). The van der Waals surface area contributed by atoms with E-state index in [1.54, 1.807) is 0 Å². The number of nitrogen functional groups attached to an aromatic ring is 1. The molecule has 0 fully saturated rings. The summed E-state index contributed by atoms with van der Waals surface area (Å²) in [6, 6.07) is 0. The zero-order valence-electron chi connectivity index (χ0n) is 11.2. The Hall–Kier alpha value is -0.810. The van der Waals surface area contributed by atoms with E-state index in [0.717, 1.165) is 34.0 Å². The molecule has 102 valence electrons. The molecule has 0 spiro atoms. The molecular formula is C14H19N3S2. The second kappa shape index (κ2) is 5.67. The third-order valence-electron chi connectivity index (χ3n) is 3.47. The zero-order valence-corrected chi connectivity index (χ0v) is 12.9. The molecule has 1 aliphatic carbocycles. The Bertz CT molecular complexity index is 592. The van der Waals surface area contributed by atoms with E-state index in [1.807, 2.05) is 23.1 Å². The van der Waals surface area contributed by atoms with Crippen LogP contribution in [0.15, 0.2) is 0 Å². The van der Waals surface area contributed by atoms with Gasteiger partial charge in [-0.1, -0.05) is 6.92 Å². The second-order valence-electron chi connectivity index (χ2n) is 4.97. The zero-order chi connectivity index (χ0) is 13.2. The lowest BCUT2D eigenvalue weighted by Crippen LogP contribution is -2.02. The summed E-state index contributed by atoms with van der Waals surface area (Å²) < 4.78 is 0. The van der Waals surface area contributed by atoms with E-state index in [0.29, 0.717) is 5.82 Å². The van der Waals surface area contributed by atoms with E-state index < -0.39 is 0 Å². The molecule has 0 atom stereocenters. The lowest BCUT2D eigenvalue weighted by atomic mass is 9.97. The van der Waals surface area contributed by atoms with Crippen LogP contribution in [0.4, 0.5) is 5.82 Å². The van der Waals surface area contributed by atoms with Crippen molar-refractivity contribution in [1.29, 1.82) is 0 Å². The molecule has 2 aromatic heterocycles. The van der Waals surface area contributed by atoms with E-state index in [4.69, 9.17) is 10.7 Å². The third kappa shape index (κ3) is 2.58. The molecule has 3 rings (SSSR count). The Morgan fingerprint density at radius 2 is 2.11 bits per heavy atom. The van der Waals surface area contributed by atoms with Gasteiger partial charge in [0.1, 0.15) is 16.5 Å². The van der Waals surface area contributed by atoms with Crippen molar-refractivity contribution < 1.29 is 0 Å². The highest BCUT2D eigenvalue weighted by Gasteiger charge is 2.19. The third-order valence-corrected chi connectivity index (χ3v) is 5.81. The number of rotatable bonds is 4. The van der Waals surface area contributed by atoms with Crippen molar-refractivity contribution in [1.82, 2.24) is 9.97 Å². The number of nitrogens with two attached hydrogens (primary N) is 1. The molecule has 2 aromatic rings. The van der Waals surface area contributed by atoms with Crippen LogP contribution in [0.5, 0.6) is 0 Å². The van der Waals surface area contributed by atoms with Crippen molar-refractivity contribution in [3.63, 3.8) is 0 Å². The fourth-order valence-electron chi connectivity index (χ4n) is 2.60. The molecule has 2 N–H and O–H groups in total. The predicted octanol–water partition coefficient (Wildman–Crippen LogP) is 3.80. The Morgan fingerprint density at radius 1 is 1.26 bits per heavy atom. The second-order valence-corrected chi connectivity index (χ2v) is 7.16. The molecule has 2 heterocycles. The normalized spacial score (nSPS) is 14.8. The summed E-state index contributed by atoms with van der Waals surface area (Å²) in [5.74, 6) is 3.61. The molecule has 3 nitrogen and oxygen atoms in total. The van der Waals surface area contributed by atoms with Crippen molar-refractivity contribution in [2.45, 2.75) is 44.8 Å². The lowest BCUT2D eigenvalue weighted by molar-refractivity contribution is 0.700. The van der Waals surface area contributed by atoms with Gasteiger partial charge in [-0.2, -0.15) is 11.8 Å². The summed E-state index contributed by atoms with van der Waals surface area (Å²) in [6.45, 7) is 2.19. The van der Waals surface area contributed by atoms with Gasteiger partial charge in [-0.25, -0.2) is 9.97 Å². The quantitative estimate of drug-likeness (QED) is 0.871. The van der Waals surface area contributed by atoms with Gasteiger partial charge in [0.25, 0.3) is 0 Å². The number of hydrogen-bond acceptors (Lipinski definition) is 5. The molecule has 0 aliphatic heterocycles. The number of aromatic nitrogens is 2. The smallest absolute Gasteiger partial charge is 0.142 e. The Morgan fingerprint density at radius 3 is 2.95 bits per heavy atom. The van der Waals surface area contributed by atoms with E-state index in [1.165, 1.54) is 36.1 Å². The number of fused-ring (bicyclic) bond motifs is 3. The average molecular weight is 293 g/mol. The lowest BCUT2D eigenvalue weighted by Gasteiger charge is -2.10. The van der Waals surface area contributed by atoms with Gasteiger partial charge in [-0.15, -0.1) is 11.3 Å². The minimum Gasteiger partial charge on any atom is -0.383 e. The number of thioether (sulfide) groups is 1. The van der Waals surface area contributed by atoms with Crippen molar-refractivity contribution in [3.05, 3.63) is 16.3 Å². The van der Waals surface area contributed by atoms with E-state index in [2.05, 4.69) is 11.9 Å². The van der Waals surface area contributed by atoms with Crippen LogP contribution in [0.25, 0.3) is 10.2 Å². The monoisotopic (exact) mass is 293 g/mol. The minimum atomic E-state index is 0.691. The maximum atomic E-state index is 6.18. The molecule has 0 saturated heterocycles. The first kappa shape index (κ1) is 13.2. The van der Waals surface area contributed by atoms with Crippen LogP contribution in [0, 0.1) is 0 Å². The maximum absolute atomic E-state index is 6.18. The summed E-state index contributed by atoms with van der Waals surface area (Å²) in [4.78, 5) is 11.8. The van der Waals surface area contributed by atoms with Crippen molar-refractivity contribution >= 4 is 39.1 Å². The molecule has 1 aliphatic rings. The maximum Gasteiger partial charge on any atom is 0.142 e. The molecule has 0 saturated carbocycles. The number of nitrogens with zero attached hydrogens (tertiary/aromatic N) is 2. The molecule has 19 heavy (non-hydrogen) atoms. The number of aryl methyl sites for hydroxylation is 2. The van der Waals surface area contributed by atoms with Gasteiger partial charge in [0.2, 0.25) is 0 Å². The Balaban J connectivity index is 1.97. The van der Waals surface area contributed by atoms with E-state index in [-0.39, 0.29) is 0 Å². The highest BCUT2D eigenvalue weighted by Crippen LogP contribution is 2.37. The van der Waals surface area contributed by atoms with Crippen LogP contribution in [-0.2, 0) is 18.6 Å². The fraction of sp³-hybridized carbons (Fsp3) is 0.571. The summed E-state index contributed by atoms with van der Waals surface area (Å²) >= 11 is 3.71. The highest BCUT2D eigenvalue weighted by molar-refractivity contribution is 7.98. The molecule has 0 unspecified atom stereocenters. The molecular weight excluding hydrogens is 274 g/mol. The van der Waals surface area contributed by atoms with Crippen LogP contribution in [0.1, 0.15) is 42.5 Å². The number of anilines is 1. The first-order valence-electron chi connectivity index (χ1n) is 6.94. The Kier molecular flexibility index (Phi) is 3.93. The van der Waals surface area contributed by atoms with E-state index >= 15 is 0 Å². The number of hydrogen-bond donors (Lipinski definition) is 1. The molecule has 0 bridgehead atoms. The fourth-order valence-corrected chi connectivity index (χ4v) is 4.64. The predicted molar refractivity (Wildman–Crippen MR) is 84.9 cm³/mol. The SMILES string of the molecule is CCCSCc1nc(N)c2c3c(sc2n1)CCCC3. The minimum absolute atomic E-state index is 0.691. The first-order valence-corrected chi connectivity index (χ1v) is 8.91. The molecule has 0 aromatic carbocycles. The summed E-state index contributed by atoms with van der Waals surface area (Å²) in [7, 11) is 0. The topological polar surface area (TPSA) is 51.8 Å². The summed E-state index contributed by atoms with van der Waals surface area (Å²) in [5, 5.41) is 1.14. The Labute approximate surface area is 122 Å². The van der Waals surface area contributed by atoms with Gasteiger partial charge in [-0.3, -0.25) is 0 Å². The van der Waals surface area contributed by atoms with Gasteiger partial charge < -0.3 is 5.73 Å². The van der Waals surface area contributed by atoms with Crippen LogP contribution < -0.4 is 5.73 Å². The highest BCUT2D eigenvalue weighted by atomic mass is 32.2. The van der Waals surface area contributed by atoms with Crippen molar-refractivity contribution in [2.75, 3.05) is 11.5 Å². The number of thiophene rings is 1. The summed E-state index contributed by atoms with van der Waals surface area (Å²) in [5.41, 5.74) is 7.60. The summed E-state index contributed by atoms with van der Waals surface area (Å²) in [6.07, 6.45) is 6.09. The van der Waals surface area contributed by atoms with Gasteiger partial charge in [0, 0.05) is 4.88 Å². The van der Waals surface area contributed by atoms with Crippen molar-refractivity contribution in [2.24, 2.45) is 0 Å². The van der Waals surface area contributed by atoms with Gasteiger partial charge in [-0.05, 0) is 43.4 Å². The van der Waals surface area contributed by atoms with Crippen LogP contribution >= 0.6 is 23.1 Å². The average Bonchev–Trinajstić information content (AvgIpc) is 2.77. The van der Waals surface area contributed by atoms with Crippen LogP contribution in [0.3, 0.4) is 0 Å². The van der Waals surface area contributed by atoms with Gasteiger partial charge in [0.15, 0.2) is 0 Å².